The Morgan fingerprint density at radius 3 is 1.93 bits per heavy atom. The summed E-state index contributed by atoms with van der Waals surface area (Å²) in [7, 11) is 1.83. The van der Waals surface area contributed by atoms with E-state index in [2.05, 4.69) is 13.8 Å². The Morgan fingerprint density at radius 2 is 1.73 bits per heavy atom. The second kappa shape index (κ2) is 9.77. The number of hydrogen-bond acceptors (Lipinski definition) is 2. The van der Waals surface area contributed by atoms with Gasteiger partial charge in [0.25, 0.3) is 0 Å². The van der Waals surface area contributed by atoms with E-state index in [0.29, 0.717) is 14.2 Å². The zero-order valence-electron chi connectivity index (χ0n) is 9.27. The van der Waals surface area contributed by atoms with Crippen molar-refractivity contribution in [2.45, 2.75) is 33.1 Å². The van der Waals surface area contributed by atoms with E-state index in [1.807, 2.05) is 0 Å². The monoisotopic (exact) mass is 260 g/mol. The Morgan fingerprint density at radius 1 is 1.07 bits per heavy atom. The SMILES string of the molecule is C1CCPCC1.CC1(C)COOPC1.[NaH]. The minimum absolute atomic E-state index is 0. The molecule has 0 saturated carbocycles. The fraction of sp³-hybridized carbons (Fsp3) is 1.00. The van der Waals surface area contributed by atoms with Gasteiger partial charge in [-0.1, -0.05) is 20.3 Å². The molecule has 0 N–H and O–H groups in total. The third kappa shape index (κ3) is 9.48. The summed E-state index contributed by atoms with van der Waals surface area (Å²) in [5.41, 5.74) is 0.344. The summed E-state index contributed by atoms with van der Waals surface area (Å²) in [6, 6.07) is 0. The second-order valence-electron chi connectivity index (χ2n) is 4.64. The van der Waals surface area contributed by atoms with Gasteiger partial charge in [-0.15, -0.1) is 8.58 Å². The van der Waals surface area contributed by atoms with Crippen LogP contribution in [0.5, 0.6) is 0 Å². The van der Waals surface area contributed by atoms with Gasteiger partial charge >= 0.3 is 29.6 Å². The molecule has 0 bridgehead atoms. The summed E-state index contributed by atoms with van der Waals surface area (Å²) in [5.74, 6) is 0. The van der Waals surface area contributed by atoms with E-state index in [1.54, 1.807) is 0 Å². The molecular weight excluding hydrogens is 237 g/mol. The van der Waals surface area contributed by atoms with Crippen LogP contribution in [0.3, 0.4) is 0 Å². The topological polar surface area (TPSA) is 18.5 Å². The van der Waals surface area contributed by atoms with Gasteiger partial charge in [-0.2, -0.15) is 0 Å². The molecule has 2 nitrogen and oxygen atoms in total. The molecule has 2 heterocycles. The van der Waals surface area contributed by atoms with Crippen molar-refractivity contribution >= 4 is 46.9 Å². The molecule has 2 aliphatic heterocycles. The molecule has 1 atom stereocenters. The van der Waals surface area contributed by atoms with Gasteiger partial charge in [-0.25, -0.2) is 9.56 Å². The minimum atomic E-state index is 0. The molecule has 0 spiro atoms. The first kappa shape index (κ1) is 16.8. The van der Waals surface area contributed by atoms with E-state index in [-0.39, 0.29) is 29.6 Å². The van der Waals surface area contributed by atoms with Crippen molar-refractivity contribution in [1.29, 1.82) is 0 Å². The first-order valence-electron chi connectivity index (χ1n) is 5.43. The van der Waals surface area contributed by atoms with Gasteiger partial charge in [0.1, 0.15) is 0 Å². The Kier molecular flexibility index (Phi) is 10.9. The zero-order valence-corrected chi connectivity index (χ0v) is 11.3. The maximum atomic E-state index is 4.80. The van der Waals surface area contributed by atoms with Crippen molar-refractivity contribution in [2.24, 2.45) is 5.41 Å². The van der Waals surface area contributed by atoms with Crippen molar-refractivity contribution in [3.63, 3.8) is 0 Å². The van der Waals surface area contributed by atoms with Crippen LogP contribution in [0.25, 0.3) is 0 Å². The molecule has 0 aliphatic carbocycles. The molecule has 0 aromatic heterocycles. The molecule has 1 unspecified atom stereocenters. The molecule has 86 valence electrons. The van der Waals surface area contributed by atoms with Crippen molar-refractivity contribution in [1.82, 2.24) is 0 Å². The zero-order chi connectivity index (χ0) is 10.3. The molecule has 5 heteroatoms. The van der Waals surface area contributed by atoms with E-state index < -0.39 is 0 Å². The fourth-order valence-electron chi connectivity index (χ4n) is 1.31. The normalized spacial score (nSPS) is 26.0. The standard InChI is InChI=1S/C5H11O2P.C5H11P.Na.H/c1-5(2)3-6-7-8-4-5;1-2-4-6-5-3-1;;/h8H,3-4H2,1-2H3;6H,1-5H2;;. The average Bonchev–Trinajstić information content (AvgIpc) is 2.21. The summed E-state index contributed by atoms with van der Waals surface area (Å²) >= 11 is 0. The average molecular weight is 260 g/mol. The van der Waals surface area contributed by atoms with Gasteiger partial charge in [0.15, 0.2) is 0 Å². The van der Waals surface area contributed by atoms with Crippen molar-refractivity contribution in [2.75, 3.05) is 25.1 Å². The number of rotatable bonds is 0. The Balaban J connectivity index is 0.000000253. The van der Waals surface area contributed by atoms with E-state index >= 15 is 0 Å². The molecule has 0 aromatic carbocycles. The van der Waals surface area contributed by atoms with Gasteiger partial charge in [0.05, 0.1) is 15.4 Å². The summed E-state index contributed by atoms with van der Waals surface area (Å²) in [5, 5.41) is 0. The molecule has 2 aliphatic rings. The Hall–Kier alpha value is 1.78. The van der Waals surface area contributed by atoms with Gasteiger partial charge in [-0.3, -0.25) is 0 Å². The van der Waals surface area contributed by atoms with Gasteiger partial charge in [-0.05, 0) is 36.7 Å². The van der Waals surface area contributed by atoms with Crippen LogP contribution < -0.4 is 0 Å². The molecule has 2 saturated heterocycles. The van der Waals surface area contributed by atoms with Crippen molar-refractivity contribution in [3.05, 3.63) is 0 Å². The summed E-state index contributed by atoms with van der Waals surface area (Å²) in [6.45, 7) is 5.10. The summed E-state index contributed by atoms with van der Waals surface area (Å²) in [6.07, 6.45) is 8.72. The molecule has 0 amide bonds. The molecule has 0 aromatic rings. The Bertz CT molecular complexity index is 133. The first-order valence-corrected chi connectivity index (χ1v) is 7.96. The van der Waals surface area contributed by atoms with Crippen LogP contribution >= 0.6 is 17.4 Å². The molecule has 2 fully saturated rings. The van der Waals surface area contributed by atoms with Crippen LogP contribution in [0.1, 0.15) is 33.1 Å². The molecular formula is C10H23NaO2P2. The van der Waals surface area contributed by atoms with Crippen LogP contribution in [0.4, 0.5) is 0 Å². The predicted molar refractivity (Wildman–Crippen MR) is 73.0 cm³/mol. The van der Waals surface area contributed by atoms with Crippen LogP contribution in [0, 0.1) is 5.41 Å². The van der Waals surface area contributed by atoms with E-state index in [9.17, 15) is 0 Å². The fourth-order valence-corrected chi connectivity index (χ4v) is 3.25. The van der Waals surface area contributed by atoms with E-state index in [4.69, 9.17) is 9.56 Å². The third-order valence-electron chi connectivity index (χ3n) is 2.33. The molecule has 2 rings (SSSR count). The first-order chi connectivity index (χ1) is 6.71. The van der Waals surface area contributed by atoms with Crippen LogP contribution in [0.15, 0.2) is 0 Å². The second-order valence-corrected chi connectivity index (χ2v) is 6.95. The number of hydrogen-bond donors (Lipinski definition) is 0. The van der Waals surface area contributed by atoms with Gasteiger partial charge in [0.2, 0.25) is 0 Å². The van der Waals surface area contributed by atoms with E-state index in [0.717, 1.165) is 12.8 Å². The van der Waals surface area contributed by atoms with Crippen LogP contribution in [-0.4, -0.2) is 54.6 Å². The summed E-state index contributed by atoms with van der Waals surface area (Å²) in [4.78, 5) is 4.80. The van der Waals surface area contributed by atoms with E-state index in [1.165, 1.54) is 40.2 Å². The van der Waals surface area contributed by atoms with Crippen LogP contribution in [0.2, 0.25) is 0 Å². The van der Waals surface area contributed by atoms with Crippen LogP contribution in [-0.2, 0) is 9.56 Å². The quantitative estimate of drug-likeness (QED) is 0.379. The summed E-state index contributed by atoms with van der Waals surface area (Å²) < 4.78 is 4.73. The molecule has 15 heavy (non-hydrogen) atoms. The molecule has 0 radical (unpaired) electrons. The van der Waals surface area contributed by atoms with Gasteiger partial charge in [0, 0.05) is 0 Å². The van der Waals surface area contributed by atoms with Crippen molar-refractivity contribution < 1.29 is 9.56 Å². The van der Waals surface area contributed by atoms with Gasteiger partial charge < -0.3 is 0 Å². The predicted octanol–water partition coefficient (Wildman–Crippen LogP) is 2.77. The Labute approximate surface area is 120 Å². The van der Waals surface area contributed by atoms with Crippen molar-refractivity contribution in [3.8, 4) is 0 Å². The maximum absolute atomic E-state index is 4.80. The third-order valence-corrected chi connectivity index (χ3v) is 5.08.